The Bertz CT molecular complexity index is 654. The van der Waals surface area contributed by atoms with E-state index in [4.69, 9.17) is 4.74 Å². The van der Waals surface area contributed by atoms with Crippen LogP contribution in [-0.4, -0.2) is 18.4 Å². The lowest BCUT2D eigenvalue weighted by molar-refractivity contribution is -0.145. The lowest BCUT2D eigenvalue weighted by atomic mass is 9.86. The molecule has 1 aliphatic rings. The number of carbonyl (C=O) groups is 2. The van der Waals surface area contributed by atoms with E-state index in [9.17, 15) is 9.59 Å². The van der Waals surface area contributed by atoms with E-state index in [-0.39, 0.29) is 29.5 Å². The van der Waals surface area contributed by atoms with Gasteiger partial charge in [-0.1, -0.05) is 60.7 Å². The highest BCUT2D eigenvalue weighted by Gasteiger charge is 2.48. The molecule has 124 valence electrons. The van der Waals surface area contributed by atoms with Crippen LogP contribution in [0.2, 0.25) is 0 Å². The quantitative estimate of drug-likeness (QED) is 0.724. The number of hydrogen-bond donors (Lipinski definition) is 0. The van der Waals surface area contributed by atoms with Gasteiger partial charge < -0.3 is 4.74 Å². The van der Waals surface area contributed by atoms with E-state index < -0.39 is 0 Å². The molecule has 0 aromatic heterocycles. The van der Waals surface area contributed by atoms with Crippen molar-refractivity contribution in [3.63, 3.8) is 0 Å². The van der Waals surface area contributed by atoms with E-state index in [0.717, 1.165) is 11.1 Å². The Morgan fingerprint density at radius 1 is 0.958 bits per heavy atom. The fourth-order valence-electron chi connectivity index (χ4n) is 3.21. The van der Waals surface area contributed by atoms with Gasteiger partial charge >= 0.3 is 5.97 Å². The number of rotatable bonds is 7. The normalized spacial score (nSPS) is 19.1. The SMILES string of the molecule is CCOC(=O)[C@H]1C[C@@H]1C(=O)CC(c1ccccc1)c1ccccc1. The summed E-state index contributed by atoms with van der Waals surface area (Å²) in [5, 5.41) is 0. The minimum atomic E-state index is -0.232. The van der Waals surface area contributed by atoms with Crippen LogP contribution in [-0.2, 0) is 14.3 Å². The van der Waals surface area contributed by atoms with Gasteiger partial charge in [0.25, 0.3) is 0 Å². The molecular formula is C21H22O3. The fraction of sp³-hybridized carbons (Fsp3) is 0.333. The molecule has 1 aliphatic carbocycles. The molecule has 3 heteroatoms. The van der Waals surface area contributed by atoms with Crippen LogP contribution in [0.5, 0.6) is 0 Å². The van der Waals surface area contributed by atoms with Gasteiger partial charge in [0.1, 0.15) is 5.78 Å². The van der Waals surface area contributed by atoms with Gasteiger partial charge in [-0.15, -0.1) is 0 Å². The molecule has 0 unspecified atom stereocenters. The lowest BCUT2D eigenvalue weighted by Crippen LogP contribution is -2.14. The summed E-state index contributed by atoms with van der Waals surface area (Å²) >= 11 is 0. The number of ketones is 1. The van der Waals surface area contributed by atoms with Crippen LogP contribution in [0, 0.1) is 11.8 Å². The molecule has 0 amide bonds. The fourth-order valence-corrected chi connectivity index (χ4v) is 3.21. The molecule has 0 spiro atoms. The number of benzene rings is 2. The molecule has 0 saturated heterocycles. The van der Waals surface area contributed by atoms with E-state index in [0.29, 0.717) is 19.4 Å². The summed E-state index contributed by atoms with van der Waals surface area (Å²) in [5.74, 6) is -0.440. The van der Waals surface area contributed by atoms with Crippen molar-refractivity contribution in [3.05, 3.63) is 71.8 Å². The van der Waals surface area contributed by atoms with Crippen molar-refractivity contribution in [1.82, 2.24) is 0 Å². The molecule has 0 N–H and O–H groups in total. The van der Waals surface area contributed by atoms with Crippen molar-refractivity contribution in [1.29, 1.82) is 0 Å². The van der Waals surface area contributed by atoms with E-state index in [1.54, 1.807) is 6.92 Å². The highest BCUT2D eigenvalue weighted by molar-refractivity contribution is 5.92. The van der Waals surface area contributed by atoms with Crippen molar-refractivity contribution in [2.75, 3.05) is 6.61 Å². The maximum Gasteiger partial charge on any atom is 0.309 e. The summed E-state index contributed by atoms with van der Waals surface area (Å²) in [6.07, 6.45) is 1.06. The number of esters is 1. The third kappa shape index (κ3) is 3.73. The standard InChI is InChI=1S/C21H22O3/c1-2-24-21(23)19-13-18(19)20(22)14-17(15-9-5-3-6-10-15)16-11-7-4-8-12-16/h3-12,17-19H,2,13-14H2,1H3/t18-,19-/m0/s1. The second-order valence-electron chi connectivity index (χ2n) is 6.25. The summed E-state index contributed by atoms with van der Waals surface area (Å²) in [6.45, 7) is 2.16. The van der Waals surface area contributed by atoms with Crippen LogP contribution in [0.4, 0.5) is 0 Å². The molecule has 3 rings (SSSR count). The Balaban J connectivity index is 1.74. The second-order valence-corrected chi connectivity index (χ2v) is 6.25. The zero-order valence-electron chi connectivity index (χ0n) is 13.9. The van der Waals surface area contributed by atoms with Gasteiger partial charge in [-0.25, -0.2) is 0 Å². The summed E-state index contributed by atoms with van der Waals surface area (Å²) in [7, 11) is 0. The molecule has 0 aliphatic heterocycles. The number of ether oxygens (including phenoxy) is 1. The minimum absolute atomic E-state index is 0.0309. The topological polar surface area (TPSA) is 43.4 Å². The van der Waals surface area contributed by atoms with Gasteiger partial charge in [0, 0.05) is 18.3 Å². The molecule has 0 bridgehead atoms. The van der Waals surface area contributed by atoms with Crippen molar-refractivity contribution < 1.29 is 14.3 Å². The molecule has 24 heavy (non-hydrogen) atoms. The van der Waals surface area contributed by atoms with Gasteiger partial charge in [0.2, 0.25) is 0 Å². The van der Waals surface area contributed by atoms with E-state index in [1.807, 2.05) is 36.4 Å². The molecule has 0 heterocycles. The average Bonchev–Trinajstić information content (AvgIpc) is 3.42. The molecule has 1 fully saturated rings. The zero-order chi connectivity index (χ0) is 16.9. The Labute approximate surface area is 142 Å². The Kier molecular flexibility index (Phi) is 5.09. The van der Waals surface area contributed by atoms with Crippen LogP contribution in [0.15, 0.2) is 60.7 Å². The molecule has 2 atom stereocenters. The van der Waals surface area contributed by atoms with Crippen LogP contribution < -0.4 is 0 Å². The molecule has 2 aromatic rings. The largest absolute Gasteiger partial charge is 0.466 e. The summed E-state index contributed by atoms with van der Waals surface area (Å²) in [6, 6.07) is 20.2. The van der Waals surface area contributed by atoms with E-state index in [2.05, 4.69) is 24.3 Å². The predicted octanol–water partition coefficient (Wildman–Crippen LogP) is 3.98. The van der Waals surface area contributed by atoms with Gasteiger partial charge in [-0.05, 0) is 24.5 Å². The minimum Gasteiger partial charge on any atom is -0.466 e. The van der Waals surface area contributed by atoms with Gasteiger partial charge in [0.05, 0.1) is 12.5 Å². The molecule has 1 saturated carbocycles. The molecular weight excluding hydrogens is 300 g/mol. The Hall–Kier alpha value is -2.42. The monoisotopic (exact) mass is 322 g/mol. The number of carbonyl (C=O) groups excluding carboxylic acids is 2. The van der Waals surface area contributed by atoms with Crippen molar-refractivity contribution in [2.45, 2.75) is 25.7 Å². The highest BCUT2D eigenvalue weighted by Crippen LogP contribution is 2.43. The van der Waals surface area contributed by atoms with Crippen molar-refractivity contribution in [3.8, 4) is 0 Å². The summed E-state index contributed by atoms with van der Waals surface area (Å²) in [5.41, 5.74) is 2.26. The second kappa shape index (κ2) is 7.43. The average molecular weight is 322 g/mol. The highest BCUT2D eigenvalue weighted by atomic mass is 16.5. The third-order valence-electron chi connectivity index (χ3n) is 4.60. The van der Waals surface area contributed by atoms with Crippen LogP contribution in [0.1, 0.15) is 36.8 Å². The molecule has 3 nitrogen and oxygen atoms in total. The third-order valence-corrected chi connectivity index (χ3v) is 4.60. The van der Waals surface area contributed by atoms with Gasteiger partial charge in [-0.2, -0.15) is 0 Å². The molecule has 0 radical (unpaired) electrons. The van der Waals surface area contributed by atoms with E-state index >= 15 is 0 Å². The number of Topliss-reactive ketones (excluding diaryl/α,β-unsaturated/α-hetero) is 1. The zero-order valence-corrected chi connectivity index (χ0v) is 13.9. The summed E-state index contributed by atoms with van der Waals surface area (Å²) in [4.78, 5) is 24.4. The Morgan fingerprint density at radius 3 is 2.00 bits per heavy atom. The van der Waals surface area contributed by atoms with Crippen LogP contribution in [0.3, 0.4) is 0 Å². The van der Waals surface area contributed by atoms with Crippen LogP contribution in [0.25, 0.3) is 0 Å². The number of hydrogen-bond acceptors (Lipinski definition) is 3. The van der Waals surface area contributed by atoms with Gasteiger partial charge in [-0.3, -0.25) is 9.59 Å². The summed E-state index contributed by atoms with van der Waals surface area (Å²) < 4.78 is 5.03. The first-order valence-corrected chi connectivity index (χ1v) is 8.50. The van der Waals surface area contributed by atoms with Crippen LogP contribution >= 0.6 is 0 Å². The maximum atomic E-state index is 12.7. The lowest BCUT2D eigenvalue weighted by Gasteiger charge is -2.17. The molecule has 2 aromatic carbocycles. The van der Waals surface area contributed by atoms with Crippen molar-refractivity contribution >= 4 is 11.8 Å². The maximum absolute atomic E-state index is 12.7. The Morgan fingerprint density at radius 2 is 1.50 bits per heavy atom. The first-order chi connectivity index (χ1) is 11.7. The predicted molar refractivity (Wildman–Crippen MR) is 92.6 cm³/mol. The first-order valence-electron chi connectivity index (χ1n) is 8.50. The van der Waals surface area contributed by atoms with Gasteiger partial charge in [0.15, 0.2) is 0 Å². The van der Waals surface area contributed by atoms with E-state index in [1.165, 1.54) is 0 Å². The first kappa shape index (κ1) is 16.4. The smallest absolute Gasteiger partial charge is 0.309 e. The van der Waals surface area contributed by atoms with Crippen molar-refractivity contribution in [2.24, 2.45) is 11.8 Å².